The van der Waals surface area contributed by atoms with E-state index in [1.54, 1.807) is 6.92 Å². The zero-order chi connectivity index (χ0) is 19.6. The van der Waals surface area contributed by atoms with Gasteiger partial charge in [-0.2, -0.15) is 4.31 Å². The molecule has 0 saturated carbocycles. The average molecular weight is 394 g/mol. The molecule has 2 aromatic rings. The first-order valence-corrected chi connectivity index (χ1v) is 10.4. The Morgan fingerprint density at radius 3 is 2.78 bits per heavy atom. The summed E-state index contributed by atoms with van der Waals surface area (Å²) in [7, 11) is -3.79. The number of fused-ring (bicyclic) bond motifs is 1. The molecule has 0 bridgehead atoms. The van der Waals surface area contributed by atoms with Gasteiger partial charge in [0.15, 0.2) is 0 Å². The predicted molar refractivity (Wildman–Crippen MR) is 97.7 cm³/mol. The SMILES string of the molecule is CCC(=O)NCc1nc2c(n1CC)CN(S(=O)(=O)c1cccc(F)c1)CC2. The van der Waals surface area contributed by atoms with Crippen molar-refractivity contribution in [3.8, 4) is 0 Å². The highest BCUT2D eigenvalue weighted by Gasteiger charge is 2.31. The summed E-state index contributed by atoms with van der Waals surface area (Å²) < 4.78 is 42.5. The lowest BCUT2D eigenvalue weighted by atomic mass is 10.2. The number of halogens is 1. The number of hydrogen-bond donors (Lipinski definition) is 1. The molecular weight excluding hydrogens is 371 g/mol. The second kappa shape index (κ2) is 7.77. The van der Waals surface area contributed by atoms with Crippen molar-refractivity contribution >= 4 is 15.9 Å². The lowest BCUT2D eigenvalue weighted by molar-refractivity contribution is -0.120. The third-order valence-corrected chi connectivity index (χ3v) is 6.51. The van der Waals surface area contributed by atoms with E-state index in [2.05, 4.69) is 10.3 Å². The van der Waals surface area contributed by atoms with E-state index in [1.165, 1.54) is 22.5 Å². The molecule has 0 spiro atoms. The van der Waals surface area contributed by atoms with Crippen LogP contribution in [0, 0.1) is 5.82 Å². The van der Waals surface area contributed by atoms with Gasteiger partial charge in [-0.25, -0.2) is 17.8 Å². The molecule has 1 N–H and O–H groups in total. The Kier molecular flexibility index (Phi) is 5.61. The van der Waals surface area contributed by atoms with Gasteiger partial charge in [0.05, 0.1) is 29.4 Å². The number of carbonyl (C=O) groups excluding carboxylic acids is 1. The lowest BCUT2D eigenvalue weighted by Gasteiger charge is -2.27. The molecule has 1 aromatic heterocycles. The fraction of sp³-hybridized carbons (Fsp3) is 0.444. The Labute approximate surface area is 158 Å². The molecule has 146 valence electrons. The zero-order valence-corrected chi connectivity index (χ0v) is 16.2. The summed E-state index contributed by atoms with van der Waals surface area (Å²) in [4.78, 5) is 16.1. The molecule has 1 aromatic carbocycles. The van der Waals surface area contributed by atoms with Crippen LogP contribution in [0.15, 0.2) is 29.2 Å². The van der Waals surface area contributed by atoms with E-state index in [1.807, 2.05) is 11.5 Å². The van der Waals surface area contributed by atoms with Gasteiger partial charge >= 0.3 is 0 Å². The lowest BCUT2D eigenvalue weighted by Crippen LogP contribution is -2.36. The molecule has 0 radical (unpaired) electrons. The number of hydrogen-bond acceptors (Lipinski definition) is 4. The van der Waals surface area contributed by atoms with Crippen molar-refractivity contribution in [2.75, 3.05) is 6.54 Å². The highest BCUT2D eigenvalue weighted by Crippen LogP contribution is 2.26. The minimum absolute atomic E-state index is 0.0519. The number of carbonyl (C=O) groups is 1. The van der Waals surface area contributed by atoms with Crippen LogP contribution in [0.3, 0.4) is 0 Å². The second-order valence-corrected chi connectivity index (χ2v) is 8.28. The number of aromatic nitrogens is 2. The molecule has 9 heteroatoms. The Bertz CT molecular complexity index is 956. The van der Waals surface area contributed by atoms with E-state index in [4.69, 9.17) is 0 Å². The molecule has 0 unspecified atom stereocenters. The van der Waals surface area contributed by atoms with Crippen molar-refractivity contribution in [3.05, 3.63) is 47.3 Å². The molecule has 1 aliphatic rings. The van der Waals surface area contributed by atoms with E-state index in [0.717, 1.165) is 17.5 Å². The van der Waals surface area contributed by atoms with Crippen LogP contribution in [0.25, 0.3) is 0 Å². The van der Waals surface area contributed by atoms with Crippen LogP contribution in [-0.2, 0) is 40.9 Å². The van der Waals surface area contributed by atoms with E-state index >= 15 is 0 Å². The Morgan fingerprint density at radius 1 is 1.33 bits per heavy atom. The van der Waals surface area contributed by atoms with Crippen LogP contribution in [0.1, 0.15) is 37.5 Å². The van der Waals surface area contributed by atoms with Gasteiger partial charge in [-0.05, 0) is 25.1 Å². The van der Waals surface area contributed by atoms with Gasteiger partial charge in [-0.1, -0.05) is 13.0 Å². The van der Waals surface area contributed by atoms with Crippen molar-refractivity contribution in [1.29, 1.82) is 0 Å². The normalized spacial score (nSPS) is 14.8. The maximum Gasteiger partial charge on any atom is 0.243 e. The number of nitrogens with zero attached hydrogens (tertiary/aromatic N) is 3. The van der Waals surface area contributed by atoms with Crippen molar-refractivity contribution < 1.29 is 17.6 Å². The Morgan fingerprint density at radius 2 is 2.11 bits per heavy atom. The molecule has 0 saturated heterocycles. The Balaban J connectivity index is 1.87. The first-order valence-electron chi connectivity index (χ1n) is 8.96. The summed E-state index contributed by atoms with van der Waals surface area (Å²) in [6, 6.07) is 5.04. The molecule has 0 aliphatic carbocycles. The summed E-state index contributed by atoms with van der Waals surface area (Å²) in [5, 5.41) is 2.81. The van der Waals surface area contributed by atoms with Gasteiger partial charge in [-0.15, -0.1) is 0 Å². The molecule has 0 fully saturated rings. The number of sulfonamides is 1. The van der Waals surface area contributed by atoms with Crippen LogP contribution in [-0.4, -0.2) is 34.7 Å². The van der Waals surface area contributed by atoms with Gasteiger partial charge in [0.25, 0.3) is 0 Å². The molecule has 1 amide bonds. The first kappa shape index (κ1) is 19.5. The number of nitrogens with one attached hydrogen (secondary N) is 1. The smallest absolute Gasteiger partial charge is 0.243 e. The van der Waals surface area contributed by atoms with Crippen LogP contribution < -0.4 is 5.32 Å². The monoisotopic (exact) mass is 394 g/mol. The maximum absolute atomic E-state index is 13.5. The molecule has 1 aliphatic heterocycles. The van der Waals surface area contributed by atoms with E-state index in [0.29, 0.717) is 31.8 Å². The van der Waals surface area contributed by atoms with Gasteiger partial charge in [0, 0.05) is 25.9 Å². The van der Waals surface area contributed by atoms with Crippen LogP contribution >= 0.6 is 0 Å². The van der Waals surface area contributed by atoms with E-state index in [9.17, 15) is 17.6 Å². The van der Waals surface area contributed by atoms with E-state index < -0.39 is 15.8 Å². The van der Waals surface area contributed by atoms with Crippen LogP contribution in [0.2, 0.25) is 0 Å². The van der Waals surface area contributed by atoms with Crippen molar-refractivity contribution in [2.45, 2.75) is 51.2 Å². The standard InChI is InChI=1S/C18H23FN4O3S/c1-3-18(24)20-11-17-21-15-8-9-22(12-16(15)23(17)4-2)27(25,26)14-7-5-6-13(19)10-14/h5-7,10H,3-4,8-9,11-12H2,1-2H3,(H,20,24). The first-order chi connectivity index (χ1) is 12.9. The van der Waals surface area contributed by atoms with Gasteiger partial charge < -0.3 is 9.88 Å². The number of amides is 1. The molecule has 27 heavy (non-hydrogen) atoms. The van der Waals surface area contributed by atoms with Crippen molar-refractivity contribution in [1.82, 2.24) is 19.2 Å². The summed E-state index contributed by atoms with van der Waals surface area (Å²) in [6.45, 7) is 5.12. The predicted octanol–water partition coefficient (Wildman–Crippen LogP) is 1.82. The second-order valence-electron chi connectivity index (χ2n) is 6.34. The highest BCUT2D eigenvalue weighted by atomic mass is 32.2. The number of imidazole rings is 1. The topological polar surface area (TPSA) is 84.3 Å². The number of benzene rings is 1. The van der Waals surface area contributed by atoms with Crippen LogP contribution in [0.4, 0.5) is 4.39 Å². The van der Waals surface area contributed by atoms with Crippen molar-refractivity contribution in [3.63, 3.8) is 0 Å². The Hall–Kier alpha value is -2.26. The summed E-state index contributed by atoms with van der Waals surface area (Å²) >= 11 is 0. The molecular formula is C18H23FN4O3S. The fourth-order valence-corrected chi connectivity index (χ4v) is 4.67. The third-order valence-electron chi connectivity index (χ3n) is 4.67. The highest BCUT2D eigenvalue weighted by molar-refractivity contribution is 7.89. The maximum atomic E-state index is 13.5. The molecule has 7 nitrogen and oxygen atoms in total. The van der Waals surface area contributed by atoms with Crippen LogP contribution in [0.5, 0.6) is 0 Å². The zero-order valence-electron chi connectivity index (χ0n) is 15.4. The molecule has 2 heterocycles. The quantitative estimate of drug-likeness (QED) is 0.810. The third kappa shape index (κ3) is 3.89. The molecule has 3 rings (SSSR count). The minimum Gasteiger partial charge on any atom is -0.349 e. The summed E-state index contributed by atoms with van der Waals surface area (Å²) in [5.74, 6) is 0.0737. The largest absolute Gasteiger partial charge is 0.349 e. The van der Waals surface area contributed by atoms with Gasteiger partial charge in [-0.3, -0.25) is 4.79 Å². The minimum atomic E-state index is -3.79. The fourth-order valence-electron chi connectivity index (χ4n) is 3.24. The van der Waals surface area contributed by atoms with Gasteiger partial charge in [0.2, 0.25) is 15.9 Å². The average Bonchev–Trinajstić information content (AvgIpc) is 3.02. The van der Waals surface area contributed by atoms with E-state index in [-0.39, 0.29) is 23.9 Å². The number of rotatable bonds is 6. The van der Waals surface area contributed by atoms with Crippen molar-refractivity contribution in [2.24, 2.45) is 0 Å². The summed E-state index contributed by atoms with van der Waals surface area (Å²) in [5.41, 5.74) is 1.67. The molecule has 0 atom stereocenters. The summed E-state index contributed by atoms with van der Waals surface area (Å²) in [6.07, 6.45) is 0.873. The van der Waals surface area contributed by atoms with Gasteiger partial charge in [0.1, 0.15) is 11.6 Å².